The fraction of sp³-hybridized carbons (Fsp3) is 0.864. The lowest BCUT2D eigenvalue weighted by Crippen LogP contribution is -2.27. The number of rotatable bonds is 16. The molecule has 0 unspecified atom stereocenters. The Hall–Kier alpha value is -1.74. The highest BCUT2D eigenvalue weighted by Gasteiger charge is 2.28. The van der Waals surface area contributed by atoms with E-state index in [1.807, 2.05) is 0 Å². The number of nitrogens with zero attached hydrogens (tertiary/aromatic N) is 6. The largest absolute Gasteiger partial charge is 0.378 e. The Labute approximate surface area is 318 Å². The van der Waals surface area contributed by atoms with Gasteiger partial charge in [-0.2, -0.15) is 10.2 Å². The van der Waals surface area contributed by atoms with Crippen LogP contribution in [0.15, 0.2) is 12.1 Å². The molecule has 8 heteroatoms. The first kappa shape index (κ1) is 41.4. The first-order valence-electron chi connectivity index (χ1n) is 22.0. The standard InChI is InChI=1S/2C22H39N3O/c2*1-17(2)21-16-22(18(3)4)25(23-21)19-8-10-20(11-9-19)26-15-7-14-24-12-5-6-13-24/h2*16-20H,5-15H2,1-4H3. The molecule has 4 fully saturated rings. The Kier molecular flexibility index (Phi) is 16.6. The maximum Gasteiger partial charge on any atom is 0.0653 e. The zero-order valence-corrected chi connectivity index (χ0v) is 34.8. The third kappa shape index (κ3) is 12.1. The molecule has 0 atom stereocenters. The lowest BCUT2D eigenvalue weighted by atomic mass is 9.92. The minimum absolute atomic E-state index is 0.465. The molecule has 2 saturated heterocycles. The van der Waals surface area contributed by atoms with E-state index in [1.54, 1.807) is 0 Å². The fourth-order valence-corrected chi connectivity index (χ4v) is 8.87. The lowest BCUT2D eigenvalue weighted by molar-refractivity contribution is 0.0142. The third-order valence-electron chi connectivity index (χ3n) is 12.3. The summed E-state index contributed by atoms with van der Waals surface area (Å²) in [5, 5.41) is 9.94. The SMILES string of the molecule is CC(C)c1cc(C(C)C)n(C2CCC(OCCCN3CCCC3)CC2)n1.CC(C)c1cc(C(C)C)n(C2CCC(OCCCN3CCCC3)CC2)n1. The van der Waals surface area contributed by atoms with E-state index in [4.69, 9.17) is 19.7 Å². The van der Waals surface area contributed by atoms with Gasteiger partial charge in [0.1, 0.15) is 0 Å². The van der Waals surface area contributed by atoms with Crippen molar-refractivity contribution in [3.05, 3.63) is 34.9 Å². The van der Waals surface area contributed by atoms with Gasteiger partial charge in [-0.3, -0.25) is 9.36 Å². The van der Waals surface area contributed by atoms with Crippen molar-refractivity contribution in [1.29, 1.82) is 0 Å². The summed E-state index contributed by atoms with van der Waals surface area (Å²) in [5.74, 6) is 2.08. The number of hydrogen-bond acceptors (Lipinski definition) is 6. The number of ether oxygens (including phenoxy) is 2. The van der Waals surface area contributed by atoms with Gasteiger partial charge in [0.05, 0.1) is 35.7 Å². The Morgan fingerprint density at radius 3 is 1.17 bits per heavy atom. The van der Waals surface area contributed by atoms with Crippen LogP contribution in [0.5, 0.6) is 0 Å². The van der Waals surface area contributed by atoms with Crippen molar-refractivity contribution in [1.82, 2.24) is 29.4 Å². The smallest absolute Gasteiger partial charge is 0.0653 e. The van der Waals surface area contributed by atoms with Crippen LogP contribution >= 0.6 is 0 Å². The minimum atomic E-state index is 0.465. The lowest BCUT2D eigenvalue weighted by Gasteiger charge is -2.30. The van der Waals surface area contributed by atoms with Crippen molar-refractivity contribution in [3.8, 4) is 0 Å². The number of aromatic nitrogens is 4. The molecule has 52 heavy (non-hydrogen) atoms. The molecule has 0 bridgehead atoms. The van der Waals surface area contributed by atoms with Crippen LogP contribution in [-0.2, 0) is 9.47 Å². The first-order valence-corrected chi connectivity index (χ1v) is 22.0. The maximum atomic E-state index is 6.19. The number of likely N-dealkylation sites (tertiary alicyclic amines) is 2. The van der Waals surface area contributed by atoms with Crippen LogP contribution in [0.4, 0.5) is 0 Å². The Balaban J connectivity index is 0.000000201. The number of hydrogen-bond donors (Lipinski definition) is 0. The average molecular weight is 723 g/mol. The molecule has 0 N–H and O–H groups in total. The van der Waals surface area contributed by atoms with Crippen molar-refractivity contribution in [3.63, 3.8) is 0 Å². The van der Waals surface area contributed by atoms with Gasteiger partial charge < -0.3 is 19.3 Å². The van der Waals surface area contributed by atoms with E-state index in [9.17, 15) is 0 Å². The summed E-state index contributed by atoms with van der Waals surface area (Å²) in [7, 11) is 0. The molecule has 4 heterocycles. The van der Waals surface area contributed by atoms with Gasteiger partial charge in [-0.25, -0.2) is 0 Å². The van der Waals surface area contributed by atoms with Crippen LogP contribution in [0.2, 0.25) is 0 Å². The van der Waals surface area contributed by atoms with E-state index in [1.165, 1.54) is 152 Å². The van der Waals surface area contributed by atoms with Gasteiger partial charge in [0.2, 0.25) is 0 Å². The van der Waals surface area contributed by atoms with Crippen LogP contribution in [0.1, 0.15) is 204 Å². The molecule has 2 aliphatic carbocycles. The summed E-state index contributed by atoms with van der Waals surface area (Å²) < 4.78 is 17.1. The summed E-state index contributed by atoms with van der Waals surface area (Å²) in [5.41, 5.74) is 5.30. The first-order chi connectivity index (χ1) is 25.1. The Morgan fingerprint density at radius 2 is 0.865 bits per heavy atom. The van der Waals surface area contributed by atoms with Gasteiger partial charge in [-0.15, -0.1) is 0 Å². The normalized spacial score (nSPS) is 24.8. The Morgan fingerprint density at radius 1 is 0.519 bits per heavy atom. The summed E-state index contributed by atoms with van der Waals surface area (Å²) >= 11 is 0. The Bertz CT molecular complexity index is 1170. The molecule has 0 amide bonds. The highest BCUT2D eigenvalue weighted by atomic mass is 16.5. The maximum absolute atomic E-state index is 6.19. The topological polar surface area (TPSA) is 60.6 Å². The molecule has 2 aliphatic heterocycles. The molecule has 0 spiro atoms. The van der Waals surface area contributed by atoms with E-state index in [2.05, 4.69) is 86.7 Å². The van der Waals surface area contributed by atoms with Crippen LogP contribution in [0, 0.1) is 0 Å². The van der Waals surface area contributed by atoms with Crippen molar-refractivity contribution in [2.75, 3.05) is 52.5 Å². The molecule has 2 saturated carbocycles. The quantitative estimate of drug-likeness (QED) is 0.161. The summed E-state index contributed by atoms with van der Waals surface area (Å²) in [6, 6.07) is 5.78. The minimum Gasteiger partial charge on any atom is -0.378 e. The van der Waals surface area contributed by atoms with E-state index in [-0.39, 0.29) is 0 Å². The molecular weight excluding hydrogens is 645 g/mol. The molecule has 4 aliphatic rings. The van der Waals surface area contributed by atoms with Crippen LogP contribution in [0.3, 0.4) is 0 Å². The highest BCUT2D eigenvalue weighted by Crippen LogP contribution is 2.35. The van der Waals surface area contributed by atoms with Gasteiger partial charge in [0.15, 0.2) is 0 Å². The second-order valence-electron chi connectivity index (χ2n) is 17.9. The average Bonchev–Trinajstić information content (AvgIpc) is 3.97. The molecule has 8 nitrogen and oxygen atoms in total. The van der Waals surface area contributed by atoms with Gasteiger partial charge >= 0.3 is 0 Å². The van der Waals surface area contributed by atoms with Gasteiger partial charge in [0, 0.05) is 37.7 Å². The third-order valence-corrected chi connectivity index (χ3v) is 12.3. The predicted octanol–water partition coefficient (Wildman–Crippen LogP) is 10.2. The monoisotopic (exact) mass is 723 g/mol. The predicted molar refractivity (Wildman–Crippen MR) is 216 cm³/mol. The van der Waals surface area contributed by atoms with Crippen LogP contribution < -0.4 is 0 Å². The van der Waals surface area contributed by atoms with Gasteiger partial charge in [0.25, 0.3) is 0 Å². The van der Waals surface area contributed by atoms with Crippen molar-refractivity contribution < 1.29 is 9.47 Å². The van der Waals surface area contributed by atoms with E-state index < -0.39 is 0 Å². The molecule has 296 valence electrons. The van der Waals surface area contributed by atoms with Crippen molar-refractivity contribution >= 4 is 0 Å². The van der Waals surface area contributed by atoms with Crippen molar-refractivity contribution in [2.24, 2.45) is 0 Å². The highest BCUT2D eigenvalue weighted by molar-refractivity contribution is 5.18. The van der Waals surface area contributed by atoms with Gasteiger partial charge in [-0.05, 0) is 152 Å². The summed E-state index contributed by atoms with van der Waals surface area (Å²) in [6.07, 6.45) is 18.4. The molecule has 2 aromatic rings. The molecule has 0 aromatic carbocycles. The van der Waals surface area contributed by atoms with Crippen LogP contribution in [-0.4, -0.2) is 94.1 Å². The van der Waals surface area contributed by atoms with Crippen molar-refractivity contribution in [2.45, 2.75) is 193 Å². The van der Waals surface area contributed by atoms with E-state index in [0.29, 0.717) is 48.0 Å². The molecule has 0 radical (unpaired) electrons. The molecule has 2 aromatic heterocycles. The van der Waals surface area contributed by atoms with Crippen LogP contribution in [0.25, 0.3) is 0 Å². The second kappa shape index (κ2) is 20.8. The van der Waals surface area contributed by atoms with E-state index in [0.717, 1.165) is 13.2 Å². The fourth-order valence-electron chi connectivity index (χ4n) is 8.87. The summed E-state index contributed by atoms with van der Waals surface area (Å²) in [4.78, 5) is 5.16. The van der Waals surface area contributed by atoms with E-state index >= 15 is 0 Å². The molecular formula is C44H78N6O2. The second-order valence-corrected chi connectivity index (χ2v) is 17.9. The zero-order chi connectivity index (χ0) is 37.0. The molecule has 6 rings (SSSR count). The summed E-state index contributed by atoms with van der Waals surface area (Å²) in [6.45, 7) is 27.6. The van der Waals surface area contributed by atoms with Gasteiger partial charge in [-0.1, -0.05) is 55.4 Å². The zero-order valence-electron chi connectivity index (χ0n) is 34.8.